The molecular formula is C19H23FN2O4. The second-order valence-corrected chi connectivity index (χ2v) is 5.39. The Morgan fingerprint density at radius 3 is 2.50 bits per heavy atom. The molecule has 0 heterocycles. The van der Waals surface area contributed by atoms with Gasteiger partial charge in [0.15, 0.2) is 11.5 Å². The van der Waals surface area contributed by atoms with Crippen molar-refractivity contribution >= 4 is 11.7 Å². The molecule has 2 aromatic carbocycles. The van der Waals surface area contributed by atoms with Gasteiger partial charge in [-0.25, -0.2) is 9.18 Å². The van der Waals surface area contributed by atoms with Crippen LogP contribution in [-0.4, -0.2) is 33.4 Å². The minimum Gasteiger partial charge on any atom is -0.493 e. The van der Waals surface area contributed by atoms with Gasteiger partial charge in [-0.3, -0.25) is 0 Å². The van der Waals surface area contributed by atoms with Crippen LogP contribution in [0.3, 0.4) is 0 Å². The lowest BCUT2D eigenvalue weighted by Crippen LogP contribution is -2.30. The van der Waals surface area contributed by atoms with E-state index in [1.807, 2.05) is 18.2 Å². The molecule has 0 aliphatic carbocycles. The number of ether oxygens (including phenoxy) is 3. The standard InChI is InChI=1S/C19H23FN2O4/c1-4-26-17-12-14(20)6-7-15(17)22-19(23)21-10-9-13-5-8-16(24-2)18(11-13)25-3/h5-8,11-12H,4,9-10H2,1-3H3,(H2,21,22,23). The second-order valence-electron chi connectivity index (χ2n) is 5.39. The van der Waals surface area contributed by atoms with Gasteiger partial charge < -0.3 is 24.8 Å². The number of halogens is 1. The van der Waals surface area contributed by atoms with Gasteiger partial charge in [-0.15, -0.1) is 0 Å². The van der Waals surface area contributed by atoms with Gasteiger partial charge >= 0.3 is 6.03 Å². The highest BCUT2D eigenvalue weighted by molar-refractivity contribution is 5.90. The zero-order valence-corrected chi connectivity index (χ0v) is 15.1. The summed E-state index contributed by atoms with van der Waals surface area (Å²) in [6.07, 6.45) is 0.621. The van der Waals surface area contributed by atoms with Crippen LogP contribution in [0.25, 0.3) is 0 Å². The first kappa shape index (κ1) is 19.4. The van der Waals surface area contributed by atoms with Crippen LogP contribution >= 0.6 is 0 Å². The van der Waals surface area contributed by atoms with E-state index in [2.05, 4.69) is 10.6 Å². The molecule has 26 heavy (non-hydrogen) atoms. The van der Waals surface area contributed by atoms with Crippen LogP contribution in [0.2, 0.25) is 0 Å². The fourth-order valence-electron chi connectivity index (χ4n) is 2.40. The number of carbonyl (C=O) groups excluding carboxylic acids is 1. The number of methoxy groups -OCH3 is 2. The summed E-state index contributed by atoms with van der Waals surface area (Å²) in [6, 6.07) is 9.18. The second kappa shape index (κ2) is 9.50. The van der Waals surface area contributed by atoms with E-state index in [0.29, 0.717) is 42.5 Å². The van der Waals surface area contributed by atoms with Crippen LogP contribution in [0, 0.1) is 5.82 Å². The third-order valence-electron chi connectivity index (χ3n) is 3.64. The van der Waals surface area contributed by atoms with Crippen molar-refractivity contribution in [2.24, 2.45) is 0 Å². The molecule has 6 nitrogen and oxygen atoms in total. The summed E-state index contributed by atoms with van der Waals surface area (Å²) in [5, 5.41) is 5.42. The molecule has 0 aromatic heterocycles. The summed E-state index contributed by atoms with van der Waals surface area (Å²) in [6.45, 7) is 2.59. The maximum Gasteiger partial charge on any atom is 0.319 e. The summed E-state index contributed by atoms with van der Waals surface area (Å²) < 4.78 is 29.1. The molecule has 0 aliphatic rings. The Hall–Kier alpha value is -2.96. The topological polar surface area (TPSA) is 68.8 Å². The van der Waals surface area contributed by atoms with Gasteiger partial charge in [-0.05, 0) is 43.2 Å². The number of nitrogens with one attached hydrogen (secondary N) is 2. The molecule has 0 bridgehead atoms. The molecule has 0 aliphatic heterocycles. The zero-order valence-electron chi connectivity index (χ0n) is 15.1. The van der Waals surface area contributed by atoms with Crippen LogP contribution in [0.1, 0.15) is 12.5 Å². The molecule has 0 saturated heterocycles. The van der Waals surface area contributed by atoms with Crippen LogP contribution in [0.5, 0.6) is 17.2 Å². The number of amides is 2. The molecule has 0 unspecified atom stereocenters. The van der Waals surface area contributed by atoms with Crippen LogP contribution in [0.4, 0.5) is 14.9 Å². The highest BCUT2D eigenvalue weighted by atomic mass is 19.1. The zero-order chi connectivity index (χ0) is 18.9. The highest BCUT2D eigenvalue weighted by Gasteiger charge is 2.09. The summed E-state index contributed by atoms with van der Waals surface area (Å²) in [5.74, 6) is 1.17. The molecule has 0 fully saturated rings. The summed E-state index contributed by atoms with van der Waals surface area (Å²) >= 11 is 0. The predicted molar refractivity (Wildman–Crippen MR) is 97.8 cm³/mol. The number of benzene rings is 2. The fraction of sp³-hybridized carbons (Fsp3) is 0.316. The van der Waals surface area contributed by atoms with Crippen molar-refractivity contribution in [3.8, 4) is 17.2 Å². The van der Waals surface area contributed by atoms with Crippen molar-refractivity contribution in [2.45, 2.75) is 13.3 Å². The average Bonchev–Trinajstić information content (AvgIpc) is 2.64. The smallest absolute Gasteiger partial charge is 0.319 e. The Balaban J connectivity index is 1.90. The van der Waals surface area contributed by atoms with Crippen molar-refractivity contribution in [1.82, 2.24) is 5.32 Å². The van der Waals surface area contributed by atoms with Gasteiger partial charge in [0.2, 0.25) is 0 Å². The Morgan fingerprint density at radius 2 is 1.81 bits per heavy atom. The molecule has 2 amide bonds. The van der Waals surface area contributed by atoms with E-state index in [1.54, 1.807) is 21.1 Å². The van der Waals surface area contributed by atoms with Gasteiger partial charge in [0.05, 0.1) is 26.5 Å². The third-order valence-corrected chi connectivity index (χ3v) is 3.64. The number of carbonyl (C=O) groups is 1. The molecular weight excluding hydrogens is 339 g/mol. The van der Waals surface area contributed by atoms with Crippen molar-refractivity contribution < 1.29 is 23.4 Å². The maximum absolute atomic E-state index is 13.3. The average molecular weight is 362 g/mol. The van der Waals surface area contributed by atoms with E-state index in [0.717, 1.165) is 5.56 Å². The van der Waals surface area contributed by atoms with Gasteiger partial charge in [0, 0.05) is 12.6 Å². The van der Waals surface area contributed by atoms with E-state index < -0.39 is 11.8 Å². The summed E-state index contributed by atoms with van der Waals surface area (Å²) in [4.78, 5) is 12.1. The van der Waals surface area contributed by atoms with Gasteiger partial charge in [0.1, 0.15) is 11.6 Å². The largest absolute Gasteiger partial charge is 0.493 e. The molecule has 7 heteroatoms. The number of rotatable bonds is 8. The van der Waals surface area contributed by atoms with Crippen LogP contribution < -0.4 is 24.8 Å². The Morgan fingerprint density at radius 1 is 1.04 bits per heavy atom. The summed E-state index contributed by atoms with van der Waals surface area (Å²) in [7, 11) is 3.15. The summed E-state index contributed by atoms with van der Waals surface area (Å²) in [5.41, 5.74) is 1.41. The van der Waals surface area contributed by atoms with Gasteiger partial charge in [-0.2, -0.15) is 0 Å². The van der Waals surface area contributed by atoms with Crippen molar-refractivity contribution in [1.29, 1.82) is 0 Å². The maximum atomic E-state index is 13.3. The van der Waals surface area contributed by atoms with E-state index in [4.69, 9.17) is 14.2 Å². The van der Waals surface area contributed by atoms with Gasteiger partial charge in [0.25, 0.3) is 0 Å². The quantitative estimate of drug-likeness (QED) is 0.753. The fourth-order valence-corrected chi connectivity index (χ4v) is 2.40. The lowest BCUT2D eigenvalue weighted by atomic mass is 10.1. The third kappa shape index (κ3) is 5.27. The predicted octanol–water partition coefficient (Wildman–Crippen LogP) is 3.61. The molecule has 2 rings (SSSR count). The minimum atomic E-state index is -0.423. The van der Waals surface area contributed by atoms with Crippen LogP contribution in [0.15, 0.2) is 36.4 Å². The first-order valence-electron chi connectivity index (χ1n) is 8.25. The van der Waals surface area contributed by atoms with Crippen molar-refractivity contribution in [3.05, 3.63) is 47.8 Å². The van der Waals surface area contributed by atoms with E-state index in [9.17, 15) is 9.18 Å². The van der Waals surface area contributed by atoms with Crippen LogP contribution in [-0.2, 0) is 6.42 Å². The van der Waals surface area contributed by atoms with E-state index in [1.165, 1.54) is 18.2 Å². The molecule has 0 radical (unpaired) electrons. The Bertz CT molecular complexity index is 752. The monoisotopic (exact) mass is 362 g/mol. The Kier molecular flexibility index (Phi) is 7.08. The number of hydrogen-bond acceptors (Lipinski definition) is 4. The first-order chi connectivity index (χ1) is 12.6. The highest BCUT2D eigenvalue weighted by Crippen LogP contribution is 2.28. The number of hydrogen-bond donors (Lipinski definition) is 2. The number of anilines is 1. The molecule has 2 aromatic rings. The Labute approximate surface area is 152 Å². The SMILES string of the molecule is CCOc1cc(F)ccc1NC(=O)NCCc1ccc(OC)c(OC)c1. The normalized spacial score (nSPS) is 10.2. The van der Waals surface area contributed by atoms with Gasteiger partial charge in [-0.1, -0.05) is 6.07 Å². The molecule has 0 saturated carbocycles. The first-order valence-corrected chi connectivity index (χ1v) is 8.25. The molecule has 140 valence electrons. The molecule has 0 atom stereocenters. The number of urea groups is 1. The molecule has 2 N–H and O–H groups in total. The lowest BCUT2D eigenvalue weighted by Gasteiger charge is -2.13. The minimum absolute atomic E-state index is 0.294. The lowest BCUT2D eigenvalue weighted by molar-refractivity contribution is 0.252. The molecule has 0 spiro atoms. The van der Waals surface area contributed by atoms with E-state index >= 15 is 0 Å². The van der Waals surface area contributed by atoms with Crippen molar-refractivity contribution in [3.63, 3.8) is 0 Å². The van der Waals surface area contributed by atoms with Crippen molar-refractivity contribution in [2.75, 3.05) is 32.7 Å². The van der Waals surface area contributed by atoms with E-state index in [-0.39, 0.29) is 0 Å².